The molecular formula is C21H25N5O6S2. The Morgan fingerprint density at radius 2 is 1.79 bits per heavy atom. The van der Waals surface area contributed by atoms with Crippen molar-refractivity contribution >= 4 is 37.6 Å². The molecule has 34 heavy (non-hydrogen) atoms. The number of amides is 1. The van der Waals surface area contributed by atoms with Crippen LogP contribution < -0.4 is 14.6 Å². The third-order valence-corrected chi connectivity index (χ3v) is 6.89. The highest BCUT2D eigenvalue weighted by Gasteiger charge is 2.27. The summed E-state index contributed by atoms with van der Waals surface area (Å²) in [7, 11) is -4.00. The zero-order chi connectivity index (χ0) is 24.5. The van der Waals surface area contributed by atoms with Crippen LogP contribution in [0.25, 0.3) is 4.96 Å². The van der Waals surface area contributed by atoms with Crippen LogP contribution in [0.2, 0.25) is 0 Å². The van der Waals surface area contributed by atoms with Crippen LogP contribution in [0, 0.1) is 0 Å². The Hall–Kier alpha value is -3.19. The van der Waals surface area contributed by atoms with Gasteiger partial charge in [-0.1, -0.05) is 41.7 Å². The lowest BCUT2D eigenvalue weighted by atomic mass is 10.2. The minimum absolute atomic E-state index is 0.210. The van der Waals surface area contributed by atoms with Crippen LogP contribution in [0.5, 0.6) is 5.88 Å². The van der Waals surface area contributed by atoms with Gasteiger partial charge in [0.05, 0.1) is 6.07 Å². The van der Waals surface area contributed by atoms with Gasteiger partial charge >= 0.3 is 16.2 Å². The molecule has 1 saturated heterocycles. The van der Waals surface area contributed by atoms with E-state index >= 15 is 0 Å². The van der Waals surface area contributed by atoms with E-state index in [0.29, 0.717) is 36.9 Å². The first kappa shape index (κ1) is 24.0. The van der Waals surface area contributed by atoms with Gasteiger partial charge in [-0.05, 0) is 26.3 Å². The van der Waals surface area contributed by atoms with Gasteiger partial charge in [0.2, 0.25) is 16.0 Å². The first-order chi connectivity index (χ1) is 16.0. The third kappa shape index (κ3) is 5.83. The van der Waals surface area contributed by atoms with Crippen molar-refractivity contribution < 1.29 is 22.1 Å². The summed E-state index contributed by atoms with van der Waals surface area (Å²) in [5.41, 5.74) is -0.557. The van der Waals surface area contributed by atoms with Gasteiger partial charge in [0.1, 0.15) is 11.4 Å². The first-order valence-corrected chi connectivity index (χ1v) is 13.0. The number of carbonyl (C=O) groups is 1. The van der Waals surface area contributed by atoms with E-state index in [9.17, 15) is 18.0 Å². The molecule has 0 aliphatic carbocycles. The normalized spacial score (nSPS) is 14.9. The Balaban J connectivity index is 1.46. The zero-order valence-corrected chi connectivity index (χ0v) is 20.6. The smallest absolute Gasteiger partial charge is 0.410 e. The summed E-state index contributed by atoms with van der Waals surface area (Å²) in [6.07, 6.45) is -0.368. The van der Waals surface area contributed by atoms with Crippen molar-refractivity contribution in [3.05, 3.63) is 52.3 Å². The second-order valence-corrected chi connectivity index (χ2v) is 11.2. The number of hydrogen-bond donors (Lipinski definition) is 0. The number of ether oxygens (including phenoxy) is 1. The highest BCUT2D eigenvalue weighted by atomic mass is 32.2. The average Bonchev–Trinajstić information content (AvgIpc) is 3.17. The zero-order valence-electron chi connectivity index (χ0n) is 19.0. The van der Waals surface area contributed by atoms with E-state index in [4.69, 9.17) is 8.92 Å². The molecule has 11 nitrogen and oxygen atoms in total. The Morgan fingerprint density at radius 3 is 2.44 bits per heavy atom. The van der Waals surface area contributed by atoms with Gasteiger partial charge in [-0.3, -0.25) is 4.79 Å². The number of carbonyl (C=O) groups excluding carboxylic acids is 1. The molecule has 13 heteroatoms. The lowest BCUT2D eigenvalue weighted by Crippen LogP contribution is -2.50. The van der Waals surface area contributed by atoms with E-state index in [1.54, 1.807) is 35.2 Å². The van der Waals surface area contributed by atoms with Crippen LogP contribution >= 0.6 is 11.3 Å². The van der Waals surface area contributed by atoms with Crippen LogP contribution in [0.15, 0.2) is 41.2 Å². The molecule has 1 aliphatic heterocycles. The number of piperazine rings is 1. The number of hydrogen-bond acceptors (Lipinski definition) is 10. The number of fused-ring (bicyclic) bond motifs is 1. The van der Waals surface area contributed by atoms with Crippen molar-refractivity contribution in [1.82, 2.24) is 19.5 Å². The average molecular weight is 508 g/mol. The monoisotopic (exact) mass is 507 g/mol. The Bertz CT molecular complexity index is 1340. The molecule has 0 radical (unpaired) electrons. The lowest BCUT2D eigenvalue weighted by Gasteiger charge is -2.35. The number of nitrogens with zero attached hydrogens (tertiary/aromatic N) is 5. The maximum atomic E-state index is 12.5. The van der Waals surface area contributed by atoms with Crippen molar-refractivity contribution in [3.8, 4) is 5.88 Å². The van der Waals surface area contributed by atoms with Crippen LogP contribution in [-0.2, 0) is 20.6 Å². The summed E-state index contributed by atoms with van der Waals surface area (Å²) in [5.74, 6) is -0.643. The van der Waals surface area contributed by atoms with Crippen molar-refractivity contribution in [2.45, 2.75) is 32.1 Å². The number of aromatic nitrogens is 3. The van der Waals surface area contributed by atoms with E-state index in [-0.39, 0.29) is 22.7 Å². The molecule has 0 unspecified atom stereocenters. The SMILES string of the molecule is CC(C)(C)OC(=O)N1CCN(c2nn3c(=O)cc(OS(=O)(=O)Cc4ccccc4)nc3s2)CC1. The highest BCUT2D eigenvalue weighted by molar-refractivity contribution is 7.86. The van der Waals surface area contributed by atoms with Crippen LogP contribution in [0.4, 0.5) is 9.93 Å². The van der Waals surface area contributed by atoms with E-state index in [1.807, 2.05) is 25.7 Å². The molecule has 1 fully saturated rings. The summed E-state index contributed by atoms with van der Waals surface area (Å²) in [4.78, 5) is 32.7. The molecule has 4 rings (SSSR count). The molecule has 182 valence electrons. The molecule has 1 aliphatic rings. The molecule has 3 aromatic rings. The Kier molecular flexibility index (Phi) is 6.49. The van der Waals surface area contributed by atoms with Gasteiger partial charge < -0.3 is 18.7 Å². The second-order valence-electron chi connectivity index (χ2n) is 8.74. The van der Waals surface area contributed by atoms with Crippen molar-refractivity contribution in [1.29, 1.82) is 0 Å². The van der Waals surface area contributed by atoms with Crippen molar-refractivity contribution in [2.24, 2.45) is 0 Å². The van der Waals surface area contributed by atoms with Crippen molar-refractivity contribution in [2.75, 3.05) is 31.1 Å². The van der Waals surface area contributed by atoms with Gasteiger partial charge in [0.15, 0.2) is 0 Å². The fraction of sp³-hybridized carbons (Fsp3) is 0.429. The predicted octanol–water partition coefficient (Wildman–Crippen LogP) is 2.12. The molecule has 0 N–H and O–H groups in total. The summed E-state index contributed by atoms with van der Waals surface area (Å²) in [6.45, 7) is 7.34. The molecule has 0 saturated carbocycles. The van der Waals surface area contributed by atoms with E-state index in [2.05, 4.69) is 10.1 Å². The van der Waals surface area contributed by atoms with E-state index < -0.39 is 21.3 Å². The van der Waals surface area contributed by atoms with E-state index in [0.717, 1.165) is 21.9 Å². The molecule has 2 aromatic heterocycles. The van der Waals surface area contributed by atoms with Gasteiger partial charge in [-0.2, -0.15) is 17.9 Å². The highest BCUT2D eigenvalue weighted by Crippen LogP contribution is 2.24. The Morgan fingerprint density at radius 1 is 1.12 bits per heavy atom. The summed E-state index contributed by atoms with van der Waals surface area (Å²) in [5, 5.41) is 4.86. The van der Waals surface area contributed by atoms with Gasteiger partial charge in [-0.15, -0.1) is 5.10 Å². The lowest BCUT2D eigenvalue weighted by molar-refractivity contribution is 0.0240. The standard InChI is InChI=1S/C21H25N5O6S2/c1-21(2,3)31-20(28)25-11-9-24(10-12-25)19-23-26-17(27)13-16(22-18(26)33-19)32-34(29,30)14-15-7-5-4-6-8-15/h4-8,13H,9-12,14H2,1-3H3. The second kappa shape index (κ2) is 9.22. The minimum Gasteiger partial charge on any atom is -0.444 e. The fourth-order valence-electron chi connectivity index (χ4n) is 3.30. The predicted molar refractivity (Wildman–Crippen MR) is 127 cm³/mol. The topological polar surface area (TPSA) is 123 Å². The quantitative estimate of drug-likeness (QED) is 0.478. The van der Waals surface area contributed by atoms with Crippen LogP contribution in [0.3, 0.4) is 0 Å². The molecule has 0 bridgehead atoms. The number of benzene rings is 1. The maximum Gasteiger partial charge on any atom is 0.410 e. The van der Waals surface area contributed by atoms with Crippen molar-refractivity contribution in [3.63, 3.8) is 0 Å². The number of rotatable bonds is 5. The number of anilines is 1. The van der Waals surface area contributed by atoms with Crippen LogP contribution in [-0.4, -0.2) is 65.8 Å². The minimum atomic E-state index is -4.00. The molecule has 0 atom stereocenters. The molecule has 3 heterocycles. The fourth-order valence-corrected chi connectivity index (χ4v) is 5.25. The first-order valence-electron chi connectivity index (χ1n) is 10.6. The molecule has 1 amide bonds. The van der Waals surface area contributed by atoms with Gasteiger partial charge in [0.25, 0.3) is 5.56 Å². The van der Waals surface area contributed by atoms with Gasteiger partial charge in [-0.25, -0.2) is 4.79 Å². The van der Waals surface area contributed by atoms with Crippen LogP contribution in [0.1, 0.15) is 26.3 Å². The van der Waals surface area contributed by atoms with Gasteiger partial charge in [0, 0.05) is 26.2 Å². The largest absolute Gasteiger partial charge is 0.444 e. The maximum absolute atomic E-state index is 12.5. The Labute approximate surface area is 200 Å². The summed E-state index contributed by atoms with van der Waals surface area (Å²) in [6, 6.07) is 9.59. The molecular weight excluding hydrogens is 482 g/mol. The third-order valence-electron chi connectivity index (χ3n) is 4.81. The summed E-state index contributed by atoms with van der Waals surface area (Å²) >= 11 is 1.14. The summed E-state index contributed by atoms with van der Waals surface area (Å²) < 4.78 is 36.4. The molecule has 1 aromatic carbocycles. The van der Waals surface area contributed by atoms with E-state index in [1.165, 1.54) is 0 Å². The molecule has 0 spiro atoms.